The second-order valence-corrected chi connectivity index (χ2v) is 6.54. The molecule has 0 heterocycles. The molecule has 0 saturated heterocycles. The minimum Gasteiger partial charge on any atom is -0.355 e. The van der Waals surface area contributed by atoms with E-state index in [0.717, 1.165) is 17.0 Å². The molecule has 28 heavy (non-hydrogen) atoms. The summed E-state index contributed by atoms with van der Waals surface area (Å²) in [5, 5.41) is 16.0. The van der Waals surface area contributed by atoms with Crippen LogP contribution in [-0.2, 0) is 4.79 Å². The summed E-state index contributed by atoms with van der Waals surface area (Å²) in [6.07, 6.45) is 12.6. The third kappa shape index (κ3) is 7.36. The van der Waals surface area contributed by atoms with E-state index in [1.807, 2.05) is 49.5 Å². The predicted octanol–water partition coefficient (Wildman–Crippen LogP) is 2.12. The Hall–Kier alpha value is -2.93. The van der Waals surface area contributed by atoms with Gasteiger partial charge in [-0.05, 0) is 30.6 Å². The van der Waals surface area contributed by atoms with Crippen molar-refractivity contribution in [2.45, 2.75) is 33.2 Å². The second-order valence-electron chi connectivity index (χ2n) is 6.54. The van der Waals surface area contributed by atoms with Crippen LogP contribution in [0.1, 0.15) is 20.8 Å². The summed E-state index contributed by atoms with van der Waals surface area (Å²) in [5.74, 6) is 0.539. The average molecular weight is 386 g/mol. The van der Waals surface area contributed by atoms with Crippen LogP contribution in [0.4, 0.5) is 0 Å². The zero-order chi connectivity index (χ0) is 21.1. The van der Waals surface area contributed by atoms with E-state index in [1.165, 1.54) is 0 Å². The Morgan fingerprint density at radius 2 is 2.04 bits per heavy atom. The van der Waals surface area contributed by atoms with Crippen molar-refractivity contribution in [2.75, 3.05) is 14.1 Å². The Kier molecular flexibility index (Phi) is 9.67. The van der Waals surface area contributed by atoms with E-state index >= 15 is 0 Å². The minimum absolute atomic E-state index is 0.152. The summed E-state index contributed by atoms with van der Waals surface area (Å²) < 4.78 is 0. The Morgan fingerprint density at radius 3 is 2.61 bits per heavy atom. The molecule has 0 aromatic heterocycles. The number of allylic oxidation sites excluding steroid dienone is 6. The lowest BCUT2D eigenvalue weighted by molar-refractivity contribution is -0.108. The highest BCUT2D eigenvalue weighted by molar-refractivity contribution is 6.10. The molecule has 1 aliphatic carbocycles. The number of amides is 1. The molecule has 0 aromatic carbocycles. The van der Waals surface area contributed by atoms with Crippen LogP contribution >= 0.6 is 0 Å². The molecule has 0 saturated carbocycles. The predicted molar refractivity (Wildman–Crippen MR) is 116 cm³/mol. The molecule has 3 N–H and O–H groups in total. The van der Waals surface area contributed by atoms with Gasteiger partial charge in [-0.25, -0.2) is 4.99 Å². The molecule has 2 unspecified atom stereocenters. The quantitative estimate of drug-likeness (QED) is 0.206. The smallest absolute Gasteiger partial charge is 0.228 e. The third-order valence-corrected chi connectivity index (χ3v) is 3.98. The number of nitrogens with one attached hydrogen (secondary N) is 2. The summed E-state index contributed by atoms with van der Waals surface area (Å²) >= 11 is 0. The van der Waals surface area contributed by atoms with Crippen LogP contribution < -0.4 is 10.6 Å². The second kappa shape index (κ2) is 11.7. The maximum atomic E-state index is 11.0. The molecule has 7 heteroatoms. The van der Waals surface area contributed by atoms with E-state index in [-0.39, 0.29) is 12.0 Å². The zero-order valence-corrected chi connectivity index (χ0v) is 17.3. The van der Waals surface area contributed by atoms with Gasteiger partial charge in [-0.3, -0.25) is 15.1 Å². The molecule has 2 atom stereocenters. The molecule has 0 spiro atoms. The van der Waals surface area contributed by atoms with E-state index in [9.17, 15) is 9.90 Å². The fraction of sp³-hybridized carbons (Fsp3) is 0.381. The Morgan fingerprint density at radius 1 is 1.36 bits per heavy atom. The minimum atomic E-state index is -1.18. The molecule has 0 aliphatic heterocycles. The zero-order valence-electron chi connectivity index (χ0n) is 17.3. The summed E-state index contributed by atoms with van der Waals surface area (Å²) in [7, 11) is 3.43. The third-order valence-electron chi connectivity index (χ3n) is 3.98. The van der Waals surface area contributed by atoms with Crippen LogP contribution in [0.5, 0.6) is 0 Å². The number of carbonyl (C=O) groups is 1. The van der Waals surface area contributed by atoms with E-state index in [1.54, 1.807) is 19.0 Å². The van der Waals surface area contributed by atoms with Gasteiger partial charge in [0.25, 0.3) is 0 Å². The standard InChI is InChI=1S/C21H31N5O2/c1-7-18(12-8-15(2)3)26(6)21(28)25-20(23-14-27)24-17-10-9-16(4)19(22-5)13-11-17/h7-15,17,21,28H,4H2,1-3,5-6H3,(H2,23,24,25,27)/b12-8-,18-7+,22-19-. The first-order chi connectivity index (χ1) is 13.3. The number of aliphatic imine (C=N–C) groups is 2. The number of rotatable bonds is 7. The fourth-order valence-electron chi connectivity index (χ4n) is 2.36. The van der Waals surface area contributed by atoms with Gasteiger partial charge in [-0.1, -0.05) is 50.8 Å². The highest BCUT2D eigenvalue weighted by Crippen LogP contribution is 2.10. The fourth-order valence-corrected chi connectivity index (χ4v) is 2.36. The molecule has 1 rings (SSSR count). The number of aliphatic hydroxyl groups excluding tert-OH is 1. The summed E-state index contributed by atoms with van der Waals surface area (Å²) in [6.45, 7) is 9.98. The highest BCUT2D eigenvalue weighted by Gasteiger charge is 2.14. The molecule has 0 bridgehead atoms. The van der Waals surface area contributed by atoms with E-state index in [2.05, 4.69) is 41.0 Å². The summed E-state index contributed by atoms with van der Waals surface area (Å²) in [4.78, 5) is 20.9. The highest BCUT2D eigenvalue weighted by atomic mass is 16.3. The molecular weight excluding hydrogens is 354 g/mol. The maximum Gasteiger partial charge on any atom is 0.228 e. The lowest BCUT2D eigenvalue weighted by Gasteiger charge is -2.25. The van der Waals surface area contributed by atoms with E-state index in [0.29, 0.717) is 12.3 Å². The van der Waals surface area contributed by atoms with E-state index in [4.69, 9.17) is 0 Å². The van der Waals surface area contributed by atoms with Crippen molar-refractivity contribution in [1.82, 2.24) is 15.5 Å². The van der Waals surface area contributed by atoms with Gasteiger partial charge in [0.2, 0.25) is 18.7 Å². The average Bonchev–Trinajstić information content (AvgIpc) is 2.83. The number of likely N-dealkylation sites (N-methyl/N-ethyl adjacent to an activating group) is 1. The molecule has 7 nitrogen and oxygen atoms in total. The molecule has 152 valence electrons. The maximum absolute atomic E-state index is 11.0. The van der Waals surface area contributed by atoms with Gasteiger partial charge in [-0.2, -0.15) is 0 Å². The molecule has 1 amide bonds. The Labute approximate surface area is 167 Å². The number of hydrogen-bond acceptors (Lipinski definition) is 5. The molecule has 0 fully saturated rings. The van der Waals surface area contributed by atoms with Gasteiger partial charge in [0, 0.05) is 19.8 Å². The van der Waals surface area contributed by atoms with Crippen molar-refractivity contribution in [2.24, 2.45) is 15.9 Å². The first-order valence-electron chi connectivity index (χ1n) is 9.14. The monoisotopic (exact) mass is 385 g/mol. The van der Waals surface area contributed by atoms with Crippen molar-refractivity contribution in [3.05, 3.63) is 60.4 Å². The van der Waals surface area contributed by atoms with Crippen LogP contribution in [0.25, 0.3) is 0 Å². The first-order valence-corrected chi connectivity index (χ1v) is 9.14. The van der Waals surface area contributed by atoms with Crippen molar-refractivity contribution < 1.29 is 9.90 Å². The van der Waals surface area contributed by atoms with Crippen LogP contribution in [0.2, 0.25) is 0 Å². The number of guanidine groups is 1. The van der Waals surface area contributed by atoms with Gasteiger partial charge in [0.15, 0.2) is 0 Å². The molecular formula is C21H31N5O2. The van der Waals surface area contributed by atoms with Gasteiger partial charge in [0.1, 0.15) is 0 Å². The van der Waals surface area contributed by atoms with Crippen LogP contribution in [0.3, 0.4) is 0 Å². The number of hydrogen-bond donors (Lipinski definition) is 3. The Balaban J connectivity index is 2.97. The number of carbonyl (C=O) groups excluding carboxylic acids is 1. The van der Waals surface area contributed by atoms with Gasteiger partial charge >= 0.3 is 0 Å². The summed E-state index contributed by atoms with van der Waals surface area (Å²) in [5.41, 5.74) is 2.38. The van der Waals surface area contributed by atoms with Crippen molar-refractivity contribution in [3.8, 4) is 0 Å². The van der Waals surface area contributed by atoms with Crippen molar-refractivity contribution in [3.63, 3.8) is 0 Å². The largest absolute Gasteiger partial charge is 0.355 e. The number of aliphatic hydroxyl groups is 1. The topological polar surface area (TPSA) is 89.3 Å². The molecule has 0 radical (unpaired) electrons. The number of nitrogens with zero attached hydrogens (tertiary/aromatic N) is 3. The van der Waals surface area contributed by atoms with Crippen molar-refractivity contribution >= 4 is 18.1 Å². The van der Waals surface area contributed by atoms with Crippen LogP contribution in [0, 0.1) is 5.92 Å². The normalized spacial score (nSPS) is 20.6. The molecule has 1 aliphatic rings. The van der Waals surface area contributed by atoms with Gasteiger partial charge in [0.05, 0.1) is 11.8 Å². The summed E-state index contributed by atoms with van der Waals surface area (Å²) in [6, 6.07) is -0.248. The van der Waals surface area contributed by atoms with Gasteiger partial charge < -0.3 is 15.3 Å². The van der Waals surface area contributed by atoms with Crippen molar-refractivity contribution in [1.29, 1.82) is 0 Å². The first kappa shape index (κ1) is 23.1. The van der Waals surface area contributed by atoms with Gasteiger partial charge in [-0.15, -0.1) is 0 Å². The SMILES string of the molecule is C=C1C=CC(N/C(=N/C(O)N(C)C(/C=C\C(C)C)=C/C)NC=O)C=C/C1=N/C. The molecule has 0 aromatic rings. The van der Waals surface area contributed by atoms with Crippen LogP contribution in [-0.4, -0.2) is 54.6 Å². The Bertz CT molecular complexity index is 729. The lowest BCUT2D eigenvalue weighted by Crippen LogP contribution is -2.43. The lowest BCUT2D eigenvalue weighted by atomic mass is 10.2. The van der Waals surface area contributed by atoms with E-state index < -0.39 is 6.35 Å². The van der Waals surface area contributed by atoms with Crippen LogP contribution in [0.15, 0.2) is 70.4 Å².